The van der Waals surface area contributed by atoms with Gasteiger partial charge in [0.25, 0.3) is 0 Å². The third-order valence-electron chi connectivity index (χ3n) is 3.17. The number of thiazole rings is 1. The van der Waals surface area contributed by atoms with Gasteiger partial charge >= 0.3 is 0 Å². The summed E-state index contributed by atoms with van der Waals surface area (Å²) in [4.78, 5) is 10.4. The van der Waals surface area contributed by atoms with Crippen LogP contribution in [0.3, 0.4) is 0 Å². The molecule has 1 unspecified atom stereocenters. The van der Waals surface area contributed by atoms with E-state index >= 15 is 0 Å². The Balaban J connectivity index is 1.95. The third kappa shape index (κ3) is 1.98. The highest BCUT2D eigenvalue weighted by atomic mass is 32.1. The second-order valence-corrected chi connectivity index (χ2v) is 5.40. The van der Waals surface area contributed by atoms with Gasteiger partial charge in [-0.3, -0.25) is 4.98 Å². The van der Waals surface area contributed by atoms with E-state index in [0.717, 1.165) is 6.42 Å². The zero-order valence-corrected chi connectivity index (χ0v) is 10.6. The number of rotatable bonds is 3. The molecule has 0 saturated heterocycles. The number of nitrogens with zero attached hydrogens (tertiary/aromatic N) is 2. The topological polar surface area (TPSA) is 37.8 Å². The first-order valence-corrected chi connectivity index (χ1v) is 6.76. The van der Waals surface area contributed by atoms with Crippen LogP contribution in [-0.2, 0) is 12.8 Å². The summed E-state index contributed by atoms with van der Waals surface area (Å²) in [5.74, 6) is 0. The minimum atomic E-state index is 0.180. The lowest BCUT2D eigenvalue weighted by Crippen LogP contribution is -2.17. The number of fused-ring (bicyclic) bond motifs is 1. The summed E-state index contributed by atoms with van der Waals surface area (Å²) < 4.78 is 0. The maximum Gasteiger partial charge on any atom is 0.115 e. The predicted molar refractivity (Wildman–Crippen MR) is 69.3 cm³/mol. The van der Waals surface area contributed by atoms with Gasteiger partial charge in [0, 0.05) is 17.3 Å². The average molecular weight is 245 g/mol. The second kappa shape index (κ2) is 4.55. The van der Waals surface area contributed by atoms with Crippen molar-refractivity contribution in [2.24, 2.45) is 0 Å². The van der Waals surface area contributed by atoms with Crippen LogP contribution in [0.4, 0.5) is 0 Å². The summed E-state index contributed by atoms with van der Waals surface area (Å²) in [5, 5.41) is 4.50. The lowest BCUT2D eigenvalue weighted by atomic mass is 10.1. The van der Waals surface area contributed by atoms with Crippen molar-refractivity contribution in [3.63, 3.8) is 0 Å². The fourth-order valence-corrected chi connectivity index (χ4v) is 3.61. The van der Waals surface area contributed by atoms with Crippen LogP contribution in [0.15, 0.2) is 24.5 Å². The summed E-state index contributed by atoms with van der Waals surface area (Å²) >= 11 is 1.85. The average Bonchev–Trinajstić information content (AvgIpc) is 2.92. The van der Waals surface area contributed by atoms with Crippen LogP contribution in [0, 0.1) is 0 Å². The molecule has 1 aliphatic carbocycles. The minimum absolute atomic E-state index is 0.180. The van der Waals surface area contributed by atoms with Crippen LogP contribution in [0.5, 0.6) is 0 Å². The maximum absolute atomic E-state index is 4.77. The van der Waals surface area contributed by atoms with Crippen molar-refractivity contribution >= 4 is 11.3 Å². The van der Waals surface area contributed by atoms with Gasteiger partial charge in [-0.05, 0) is 37.9 Å². The van der Waals surface area contributed by atoms with E-state index in [-0.39, 0.29) is 6.04 Å². The molecule has 0 radical (unpaired) electrons. The Morgan fingerprint density at radius 3 is 3.06 bits per heavy atom. The van der Waals surface area contributed by atoms with Gasteiger partial charge in [0.05, 0.1) is 11.7 Å². The van der Waals surface area contributed by atoms with E-state index in [0.29, 0.717) is 0 Å². The highest BCUT2D eigenvalue weighted by molar-refractivity contribution is 7.11. The molecule has 0 saturated carbocycles. The van der Waals surface area contributed by atoms with Gasteiger partial charge in [0.15, 0.2) is 0 Å². The fourth-order valence-electron chi connectivity index (χ4n) is 2.31. The molecule has 0 aliphatic heterocycles. The van der Waals surface area contributed by atoms with Crippen molar-refractivity contribution in [1.82, 2.24) is 15.3 Å². The third-order valence-corrected chi connectivity index (χ3v) is 4.39. The molecule has 0 fully saturated rings. The smallest absolute Gasteiger partial charge is 0.115 e. The Labute approximate surface area is 105 Å². The van der Waals surface area contributed by atoms with E-state index in [4.69, 9.17) is 4.98 Å². The highest BCUT2D eigenvalue weighted by Crippen LogP contribution is 2.32. The molecule has 0 bridgehead atoms. The zero-order valence-electron chi connectivity index (χ0n) is 9.81. The lowest BCUT2D eigenvalue weighted by Gasteiger charge is -2.13. The molecule has 88 valence electrons. The molecule has 2 heterocycles. The number of aromatic nitrogens is 2. The van der Waals surface area contributed by atoms with E-state index in [2.05, 4.69) is 16.4 Å². The molecule has 1 N–H and O–H groups in total. The van der Waals surface area contributed by atoms with Crippen molar-refractivity contribution in [2.45, 2.75) is 25.3 Å². The number of pyridine rings is 1. The van der Waals surface area contributed by atoms with E-state index in [9.17, 15) is 0 Å². The summed E-state index contributed by atoms with van der Waals surface area (Å²) in [6.07, 6.45) is 7.34. The normalized spacial score (nSPS) is 15.8. The van der Waals surface area contributed by atoms with Gasteiger partial charge in [-0.1, -0.05) is 6.07 Å². The summed E-state index contributed by atoms with van der Waals surface area (Å²) in [7, 11) is 1.98. The summed E-state index contributed by atoms with van der Waals surface area (Å²) in [6, 6.07) is 4.25. The van der Waals surface area contributed by atoms with Crippen LogP contribution in [0.2, 0.25) is 0 Å². The molecular weight excluding hydrogens is 230 g/mol. The fraction of sp³-hybridized carbons (Fsp3) is 0.385. The SMILES string of the molecule is CNC(c1cccnc1)c1nc2c(s1)CCC2. The van der Waals surface area contributed by atoms with Crippen LogP contribution >= 0.6 is 11.3 Å². The zero-order chi connectivity index (χ0) is 11.7. The molecule has 2 aromatic rings. The molecule has 17 heavy (non-hydrogen) atoms. The molecule has 2 aromatic heterocycles. The number of hydrogen-bond donors (Lipinski definition) is 1. The van der Waals surface area contributed by atoms with Crippen LogP contribution in [0.1, 0.15) is 33.6 Å². The van der Waals surface area contributed by atoms with Crippen molar-refractivity contribution in [3.05, 3.63) is 45.7 Å². The Morgan fingerprint density at radius 2 is 2.35 bits per heavy atom. The second-order valence-electron chi connectivity index (χ2n) is 4.28. The molecule has 1 aliphatic rings. The van der Waals surface area contributed by atoms with Gasteiger partial charge in [0.2, 0.25) is 0 Å². The van der Waals surface area contributed by atoms with Crippen LogP contribution in [0.25, 0.3) is 0 Å². The van der Waals surface area contributed by atoms with E-state index in [1.54, 1.807) is 6.20 Å². The largest absolute Gasteiger partial charge is 0.307 e. The highest BCUT2D eigenvalue weighted by Gasteiger charge is 2.22. The van der Waals surface area contributed by atoms with Crippen molar-refractivity contribution in [1.29, 1.82) is 0 Å². The first kappa shape index (κ1) is 10.9. The molecular formula is C13H15N3S. The predicted octanol–water partition coefficient (Wildman–Crippen LogP) is 2.34. The molecule has 0 spiro atoms. The van der Waals surface area contributed by atoms with Crippen LogP contribution in [-0.4, -0.2) is 17.0 Å². The van der Waals surface area contributed by atoms with Gasteiger partial charge in [-0.25, -0.2) is 4.98 Å². The molecule has 1 atom stereocenters. The van der Waals surface area contributed by atoms with Crippen LogP contribution < -0.4 is 5.32 Å². The Morgan fingerprint density at radius 1 is 1.41 bits per heavy atom. The molecule has 3 rings (SSSR count). The lowest BCUT2D eigenvalue weighted by molar-refractivity contribution is 0.680. The molecule has 4 heteroatoms. The Bertz CT molecular complexity index is 485. The first-order chi connectivity index (χ1) is 8.38. The molecule has 0 amide bonds. The molecule has 0 aromatic carbocycles. The summed E-state index contributed by atoms with van der Waals surface area (Å²) in [6.45, 7) is 0. The summed E-state index contributed by atoms with van der Waals surface area (Å²) in [5.41, 5.74) is 2.50. The van der Waals surface area contributed by atoms with Crippen molar-refractivity contribution in [3.8, 4) is 0 Å². The Hall–Kier alpha value is -1.26. The first-order valence-electron chi connectivity index (χ1n) is 5.94. The van der Waals surface area contributed by atoms with Gasteiger partial charge in [-0.15, -0.1) is 11.3 Å². The van der Waals surface area contributed by atoms with Gasteiger partial charge < -0.3 is 5.32 Å². The number of hydrogen-bond acceptors (Lipinski definition) is 4. The van der Waals surface area contributed by atoms with Gasteiger partial charge in [-0.2, -0.15) is 0 Å². The number of nitrogens with one attached hydrogen (secondary N) is 1. The van der Waals surface area contributed by atoms with E-state index < -0.39 is 0 Å². The minimum Gasteiger partial charge on any atom is -0.307 e. The van der Waals surface area contributed by atoms with E-state index in [1.807, 2.05) is 30.6 Å². The maximum atomic E-state index is 4.77. The van der Waals surface area contributed by atoms with Crippen molar-refractivity contribution in [2.75, 3.05) is 7.05 Å². The number of aryl methyl sites for hydroxylation is 2. The quantitative estimate of drug-likeness (QED) is 0.902. The molecule has 3 nitrogen and oxygen atoms in total. The van der Waals surface area contributed by atoms with Crippen molar-refractivity contribution < 1.29 is 0 Å². The standard InChI is InChI=1S/C13H15N3S/c1-14-12(9-4-3-7-15-8-9)13-16-10-5-2-6-11(10)17-13/h3-4,7-8,12,14H,2,5-6H2,1H3. The van der Waals surface area contributed by atoms with E-state index in [1.165, 1.54) is 34.0 Å². The monoisotopic (exact) mass is 245 g/mol. The Kier molecular flexibility index (Phi) is 2.91. The van der Waals surface area contributed by atoms with Gasteiger partial charge in [0.1, 0.15) is 5.01 Å².